The number of halogens is 2. The van der Waals surface area contributed by atoms with Gasteiger partial charge in [-0.05, 0) is 61.9 Å². The van der Waals surface area contributed by atoms with E-state index in [0.29, 0.717) is 17.0 Å². The minimum absolute atomic E-state index is 0.0154. The number of benzene rings is 2. The number of nitrogens with one attached hydrogen (secondary N) is 2. The van der Waals surface area contributed by atoms with E-state index >= 15 is 0 Å². The van der Waals surface area contributed by atoms with Crippen LogP contribution < -0.4 is 15.4 Å². The van der Waals surface area contributed by atoms with Gasteiger partial charge in [-0.15, -0.1) is 5.10 Å². The maximum absolute atomic E-state index is 14.7. The van der Waals surface area contributed by atoms with E-state index in [-0.39, 0.29) is 34.2 Å². The molecule has 9 nitrogen and oxygen atoms in total. The average molecular weight is 545 g/mol. The van der Waals surface area contributed by atoms with Crippen molar-refractivity contribution >= 4 is 40.6 Å². The molecule has 2 amide bonds. The number of amides is 2. The van der Waals surface area contributed by atoms with Crippen molar-refractivity contribution in [3.8, 4) is 17.7 Å². The van der Waals surface area contributed by atoms with E-state index < -0.39 is 17.1 Å². The van der Waals surface area contributed by atoms with Crippen molar-refractivity contribution in [2.45, 2.75) is 37.5 Å². The SMILES string of the molecule is N#CC1(c2cccc(C(=O)Nc3cc(Oc4ccc5nc(NC(=O)C6CC6)cn5n4)c(Cl)cc3F)c2)CCC1. The Balaban J connectivity index is 1.20. The van der Waals surface area contributed by atoms with Crippen LogP contribution in [0.1, 0.15) is 48.0 Å². The molecule has 0 saturated heterocycles. The number of imidazole rings is 1. The van der Waals surface area contributed by atoms with Gasteiger partial charge in [0.1, 0.15) is 11.6 Å². The van der Waals surface area contributed by atoms with E-state index in [2.05, 4.69) is 26.8 Å². The largest absolute Gasteiger partial charge is 0.436 e. The number of hydrogen-bond acceptors (Lipinski definition) is 6. The molecule has 6 rings (SSSR count). The Morgan fingerprint density at radius 2 is 1.97 bits per heavy atom. The van der Waals surface area contributed by atoms with E-state index in [0.717, 1.165) is 43.7 Å². The van der Waals surface area contributed by atoms with Crippen molar-refractivity contribution in [1.82, 2.24) is 14.6 Å². The molecular formula is C28H22ClFN6O3. The minimum Gasteiger partial charge on any atom is -0.436 e. The van der Waals surface area contributed by atoms with Gasteiger partial charge in [-0.3, -0.25) is 9.59 Å². The molecule has 0 unspecified atom stereocenters. The highest BCUT2D eigenvalue weighted by atomic mass is 35.5. The first-order chi connectivity index (χ1) is 18.8. The van der Waals surface area contributed by atoms with Crippen LogP contribution in [0.5, 0.6) is 11.6 Å². The van der Waals surface area contributed by atoms with Crippen molar-refractivity contribution in [2.75, 3.05) is 10.6 Å². The predicted molar refractivity (Wildman–Crippen MR) is 141 cm³/mol. The summed E-state index contributed by atoms with van der Waals surface area (Å²) < 4.78 is 22.0. The van der Waals surface area contributed by atoms with E-state index in [1.54, 1.807) is 36.5 Å². The van der Waals surface area contributed by atoms with Crippen LogP contribution in [0.25, 0.3) is 5.65 Å². The van der Waals surface area contributed by atoms with Crippen LogP contribution in [0.2, 0.25) is 5.02 Å². The third kappa shape index (κ3) is 4.89. The Bertz CT molecular complexity index is 1670. The molecule has 0 spiro atoms. The molecule has 0 bridgehead atoms. The molecule has 2 saturated carbocycles. The number of rotatable bonds is 7. The predicted octanol–water partition coefficient (Wildman–Crippen LogP) is 5.86. The van der Waals surface area contributed by atoms with E-state index in [9.17, 15) is 19.2 Å². The smallest absolute Gasteiger partial charge is 0.255 e. The van der Waals surface area contributed by atoms with Crippen LogP contribution in [-0.4, -0.2) is 26.4 Å². The molecule has 0 aliphatic heterocycles. The van der Waals surface area contributed by atoms with Crippen LogP contribution in [-0.2, 0) is 10.2 Å². The van der Waals surface area contributed by atoms with Crippen molar-refractivity contribution in [3.63, 3.8) is 0 Å². The van der Waals surface area contributed by atoms with E-state index in [1.165, 1.54) is 10.6 Å². The number of nitriles is 1. The van der Waals surface area contributed by atoms with Gasteiger partial charge in [0.05, 0.1) is 28.4 Å². The Kier molecular flexibility index (Phi) is 6.16. The quantitative estimate of drug-likeness (QED) is 0.300. The van der Waals surface area contributed by atoms with E-state index in [4.69, 9.17) is 16.3 Å². The van der Waals surface area contributed by atoms with Gasteiger partial charge in [-0.25, -0.2) is 13.9 Å². The summed E-state index contributed by atoms with van der Waals surface area (Å²) in [4.78, 5) is 29.3. The molecule has 2 aromatic carbocycles. The summed E-state index contributed by atoms with van der Waals surface area (Å²) in [7, 11) is 0. The first-order valence-corrected chi connectivity index (χ1v) is 12.9. The highest BCUT2D eigenvalue weighted by Crippen LogP contribution is 2.43. The van der Waals surface area contributed by atoms with Crippen LogP contribution in [0, 0.1) is 23.1 Å². The third-order valence-electron chi connectivity index (χ3n) is 7.08. The number of fused-ring (bicyclic) bond motifs is 1. The van der Waals surface area contributed by atoms with Gasteiger partial charge in [0.15, 0.2) is 11.5 Å². The zero-order chi connectivity index (χ0) is 27.1. The van der Waals surface area contributed by atoms with Crippen LogP contribution in [0.3, 0.4) is 0 Å². The summed E-state index contributed by atoms with van der Waals surface area (Å²) in [5.74, 6) is -0.702. The molecule has 2 fully saturated rings. The first-order valence-electron chi connectivity index (χ1n) is 12.5. The summed E-state index contributed by atoms with van der Waals surface area (Å²) in [5.41, 5.74) is 0.880. The highest BCUT2D eigenvalue weighted by Gasteiger charge is 2.39. The molecule has 2 N–H and O–H groups in total. The van der Waals surface area contributed by atoms with Gasteiger partial charge in [-0.1, -0.05) is 23.7 Å². The van der Waals surface area contributed by atoms with Gasteiger partial charge in [0, 0.05) is 23.6 Å². The van der Waals surface area contributed by atoms with Crippen molar-refractivity contribution in [3.05, 3.63) is 76.7 Å². The van der Waals surface area contributed by atoms with Crippen LogP contribution in [0.4, 0.5) is 15.9 Å². The molecular weight excluding hydrogens is 523 g/mol. The molecule has 2 aliphatic carbocycles. The Labute approximate surface area is 227 Å². The number of anilines is 2. The number of nitrogens with zero attached hydrogens (tertiary/aromatic N) is 4. The van der Waals surface area contributed by atoms with Crippen molar-refractivity contribution in [2.24, 2.45) is 5.92 Å². The summed E-state index contributed by atoms with van der Waals surface area (Å²) in [6, 6.07) is 14.7. The van der Waals surface area contributed by atoms with Gasteiger partial charge >= 0.3 is 0 Å². The fourth-order valence-corrected chi connectivity index (χ4v) is 4.71. The molecule has 4 aromatic rings. The van der Waals surface area contributed by atoms with Gasteiger partial charge in [0.25, 0.3) is 5.91 Å². The number of hydrogen-bond donors (Lipinski definition) is 2. The van der Waals surface area contributed by atoms with Crippen LogP contribution in [0.15, 0.2) is 54.7 Å². The molecule has 11 heteroatoms. The second kappa shape index (κ2) is 9.67. The lowest BCUT2D eigenvalue weighted by Gasteiger charge is -2.35. The first kappa shape index (κ1) is 24.8. The minimum atomic E-state index is -0.738. The van der Waals surface area contributed by atoms with Gasteiger partial charge < -0.3 is 15.4 Å². The number of aromatic nitrogens is 3. The lowest BCUT2D eigenvalue weighted by atomic mass is 9.65. The maximum atomic E-state index is 14.7. The second-order valence-corrected chi connectivity index (χ2v) is 10.2. The summed E-state index contributed by atoms with van der Waals surface area (Å²) >= 11 is 6.23. The molecule has 0 radical (unpaired) electrons. The fraction of sp³-hybridized carbons (Fsp3) is 0.250. The zero-order valence-electron chi connectivity index (χ0n) is 20.6. The summed E-state index contributed by atoms with van der Waals surface area (Å²) in [6.07, 6.45) is 5.78. The average Bonchev–Trinajstić information content (AvgIpc) is 3.67. The lowest BCUT2D eigenvalue weighted by Crippen LogP contribution is -2.32. The Morgan fingerprint density at radius 1 is 1.15 bits per heavy atom. The summed E-state index contributed by atoms with van der Waals surface area (Å²) in [6.45, 7) is 0. The Morgan fingerprint density at radius 3 is 2.69 bits per heavy atom. The number of carbonyl (C=O) groups is 2. The fourth-order valence-electron chi connectivity index (χ4n) is 4.52. The molecule has 2 heterocycles. The second-order valence-electron chi connectivity index (χ2n) is 9.81. The summed E-state index contributed by atoms with van der Waals surface area (Å²) in [5, 5.41) is 19.3. The van der Waals surface area contributed by atoms with Crippen LogP contribution >= 0.6 is 11.6 Å². The molecule has 39 heavy (non-hydrogen) atoms. The molecule has 196 valence electrons. The van der Waals surface area contributed by atoms with Gasteiger partial charge in [0.2, 0.25) is 11.8 Å². The lowest BCUT2D eigenvalue weighted by molar-refractivity contribution is -0.117. The third-order valence-corrected chi connectivity index (χ3v) is 7.37. The maximum Gasteiger partial charge on any atom is 0.255 e. The van der Waals surface area contributed by atoms with Crippen molar-refractivity contribution in [1.29, 1.82) is 5.26 Å². The van der Waals surface area contributed by atoms with E-state index in [1.807, 2.05) is 6.07 Å². The van der Waals surface area contributed by atoms with Crippen molar-refractivity contribution < 1.29 is 18.7 Å². The zero-order valence-corrected chi connectivity index (χ0v) is 21.3. The standard InChI is InChI=1S/C28H22ClFN6O3/c29-19-12-20(30)21(32-27(38)17-3-1-4-18(11-17)28(15-31)9-2-10-28)13-22(19)39-25-8-7-24-33-23(14-36(24)35-25)34-26(37)16-5-6-16/h1,3-4,7-8,11-14,16H,2,5-6,9-10H2,(H,32,38)(H,34,37). The number of carbonyl (C=O) groups excluding carboxylic acids is 2. The monoisotopic (exact) mass is 544 g/mol. The topological polar surface area (TPSA) is 121 Å². The number of ether oxygens (including phenoxy) is 1. The molecule has 2 aliphatic rings. The highest BCUT2D eigenvalue weighted by molar-refractivity contribution is 6.32. The molecule has 2 aromatic heterocycles. The van der Waals surface area contributed by atoms with Gasteiger partial charge in [-0.2, -0.15) is 5.26 Å². The Hall–Kier alpha value is -4.49. The molecule has 0 atom stereocenters. The normalized spacial score (nSPS) is 15.7.